The number of aryl methyl sites for hydroxylation is 1. The fourth-order valence-electron chi connectivity index (χ4n) is 3.18. The van der Waals surface area contributed by atoms with Crippen molar-refractivity contribution in [2.75, 3.05) is 48.4 Å². The summed E-state index contributed by atoms with van der Waals surface area (Å²) < 4.78 is 10.9. The van der Waals surface area contributed by atoms with Crippen LogP contribution >= 0.6 is 11.6 Å². The number of halogens is 1. The van der Waals surface area contributed by atoms with Gasteiger partial charge in [0.1, 0.15) is 11.6 Å². The molecule has 166 valence electrons. The molecule has 1 aromatic heterocycles. The molecule has 0 aliphatic carbocycles. The minimum atomic E-state index is -0.248. The molecule has 0 atom stereocenters. The van der Waals surface area contributed by atoms with Crippen LogP contribution in [0, 0.1) is 6.92 Å². The summed E-state index contributed by atoms with van der Waals surface area (Å²) in [6.45, 7) is 4.77. The molecule has 9 heteroatoms. The molecule has 0 unspecified atom stereocenters. The molecule has 1 aliphatic heterocycles. The molecule has 3 aromatic rings. The molecule has 4 rings (SSSR count). The maximum absolute atomic E-state index is 12.1. The molecule has 1 saturated heterocycles. The largest absolute Gasteiger partial charge is 0.484 e. The van der Waals surface area contributed by atoms with Crippen molar-refractivity contribution in [3.63, 3.8) is 0 Å². The zero-order valence-electron chi connectivity index (χ0n) is 17.7. The molecule has 1 amide bonds. The van der Waals surface area contributed by atoms with E-state index in [0.29, 0.717) is 41.4 Å². The lowest BCUT2D eigenvalue weighted by Gasteiger charge is -2.27. The topological polar surface area (TPSA) is 88.6 Å². The van der Waals surface area contributed by atoms with Gasteiger partial charge in [0.2, 0.25) is 5.95 Å². The second-order valence-electron chi connectivity index (χ2n) is 7.29. The van der Waals surface area contributed by atoms with E-state index in [4.69, 9.17) is 21.1 Å². The maximum Gasteiger partial charge on any atom is 0.262 e. The van der Waals surface area contributed by atoms with Crippen molar-refractivity contribution in [1.82, 2.24) is 9.97 Å². The molecule has 1 aliphatic rings. The number of rotatable bonds is 7. The first-order chi connectivity index (χ1) is 15.5. The Morgan fingerprint density at radius 1 is 1.06 bits per heavy atom. The van der Waals surface area contributed by atoms with E-state index in [0.717, 1.165) is 24.5 Å². The van der Waals surface area contributed by atoms with Crippen LogP contribution in [0.1, 0.15) is 5.69 Å². The van der Waals surface area contributed by atoms with Gasteiger partial charge in [-0.25, -0.2) is 4.98 Å². The third-order valence-electron chi connectivity index (χ3n) is 4.76. The summed E-state index contributed by atoms with van der Waals surface area (Å²) in [7, 11) is 0. The Bertz CT molecular complexity index is 1050. The van der Waals surface area contributed by atoms with Crippen LogP contribution in [-0.4, -0.2) is 48.8 Å². The second-order valence-corrected chi connectivity index (χ2v) is 7.72. The van der Waals surface area contributed by atoms with E-state index >= 15 is 0 Å². The Kier molecular flexibility index (Phi) is 7.03. The van der Waals surface area contributed by atoms with Crippen molar-refractivity contribution in [3.05, 3.63) is 65.3 Å². The fourth-order valence-corrected chi connectivity index (χ4v) is 3.31. The number of aromatic nitrogens is 2. The normalized spacial score (nSPS) is 13.5. The Morgan fingerprint density at radius 3 is 2.47 bits per heavy atom. The van der Waals surface area contributed by atoms with Crippen LogP contribution in [0.15, 0.2) is 54.6 Å². The Hall–Kier alpha value is -3.36. The molecule has 2 heterocycles. The lowest BCUT2D eigenvalue weighted by molar-refractivity contribution is -0.118. The van der Waals surface area contributed by atoms with Gasteiger partial charge in [0, 0.05) is 41.2 Å². The van der Waals surface area contributed by atoms with Gasteiger partial charge in [-0.1, -0.05) is 11.6 Å². The monoisotopic (exact) mass is 453 g/mol. The smallest absolute Gasteiger partial charge is 0.262 e. The minimum absolute atomic E-state index is 0.0911. The average molecular weight is 454 g/mol. The number of nitrogens with one attached hydrogen (secondary N) is 2. The molecule has 0 bridgehead atoms. The van der Waals surface area contributed by atoms with Gasteiger partial charge >= 0.3 is 0 Å². The Morgan fingerprint density at radius 2 is 1.75 bits per heavy atom. The van der Waals surface area contributed by atoms with Crippen molar-refractivity contribution >= 4 is 40.6 Å². The van der Waals surface area contributed by atoms with Gasteiger partial charge in [0.15, 0.2) is 6.61 Å². The van der Waals surface area contributed by atoms with Gasteiger partial charge < -0.3 is 25.0 Å². The summed E-state index contributed by atoms with van der Waals surface area (Å²) in [4.78, 5) is 23.4. The number of carbonyl (C=O) groups is 1. The zero-order valence-corrected chi connectivity index (χ0v) is 18.4. The number of nitrogens with zero attached hydrogens (tertiary/aromatic N) is 3. The van der Waals surface area contributed by atoms with E-state index in [9.17, 15) is 4.79 Å². The number of anilines is 4. The number of ether oxygens (including phenoxy) is 2. The molecule has 2 aromatic carbocycles. The van der Waals surface area contributed by atoms with E-state index in [1.165, 1.54) is 0 Å². The number of amides is 1. The van der Waals surface area contributed by atoms with E-state index in [2.05, 4.69) is 25.5 Å². The zero-order chi connectivity index (χ0) is 22.3. The molecular formula is C23H24ClN5O3. The highest BCUT2D eigenvalue weighted by Gasteiger charge is 2.15. The Balaban J connectivity index is 1.33. The van der Waals surface area contributed by atoms with Crippen molar-refractivity contribution < 1.29 is 14.3 Å². The highest BCUT2D eigenvalue weighted by molar-refractivity contribution is 6.30. The van der Waals surface area contributed by atoms with E-state index in [-0.39, 0.29) is 12.5 Å². The van der Waals surface area contributed by atoms with Gasteiger partial charge in [-0.2, -0.15) is 4.98 Å². The fraction of sp³-hybridized carbons (Fsp3) is 0.261. The SMILES string of the molecule is Cc1cc(Nc2ccc(NC(=O)COc3ccc(Cl)cc3)cc2)nc(N2CCOCC2)n1. The molecule has 0 radical (unpaired) electrons. The predicted octanol–water partition coefficient (Wildman–Crippen LogP) is 4.04. The molecule has 32 heavy (non-hydrogen) atoms. The third-order valence-corrected chi connectivity index (χ3v) is 5.01. The molecule has 0 spiro atoms. The van der Waals surface area contributed by atoms with E-state index in [1.54, 1.807) is 24.3 Å². The molecule has 0 saturated carbocycles. The van der Waals surface area contributed by atoms with Crippen LogP contribution in [0.2, 0.25) is 5.02 Å². The van der Waals surface area contributed by atoms with Crippen LogP contribution in [0.4, 0.5) is 23.1 Å². The van der Waals surface area contributed by atoms with Gasteiger partial charge in [-0.15, -0.1) is 0 Å². The molecular weight excluding hydrogens is 430 g/mol. The summed E-state index contributed by atoms with van der Waals surface area (Å²) in [6.07, 6.45) is 0. The minimum Gasteiger partial charge on any atom is -0.484 e. The van der Waals surface area contributed by atoms with Crippen LogP contribution in [0.25, 0.3) is 0 Å². The number of benzene rings is 2. The average Bonchev–Trinajstić information content (AvgIpc) is 2.80. The molecule has 2 N–H and O–H groups in total. The standard InChI is InChI=1S/C23H24ClN5O3/c1-16-14-21(28-23(25-16)29-10-12-31-13-11-29)26-18-4-6-19(7-5-18)27-22(30)15-32-20-8-2-17(24)3-9-20/h2-9,14H,10-13,15H2,1H3,(H,27,30)(H,25,26,28). The van der Waals surface area contributed by atoms with E-state index in [1.807, 2.05) is 37.3 Å². The third kappa shape index (κ3) is 6.09. The summed E-state index contributed by atoms with van der Waals surface area (Å²) >= 11 is 5.84. The summed E-state index contributed by atoms with van der Waals surface area (Å²) in [5.41, 5.74) is 2.41. The summed E-state index contributed by atoms with van der Waals surface area (Å²) in [6, 6.07) is 16.1. The van der Waals surface area contributed by atoms with Gasteiger partial charge in [0.25, 0.3) is 5.91 Å². The number of morpholine rings is 1. The summed E-state index contributed by atoms with van der Waals surface area (Å²) in [5, 5.41) is 6.73. The first kappa shape index (κ1) is 21.9. The van der Waals surface area contributed by atoms with Crippen LogP contribution in [0.5, 0.6) is 5.75 Å². The summed E-state index contributed by atoms with van der Waals surface area (Å²) in [5.74, 6) is 1.75. The lowest BCUT2D eigenvalue weighted by Crippen LogP contribution is -2.37. The van der Waals surface area contributed by atoms with Crippen LogP contribution in [-0.2, 0) is 9.53 Å². The van der Waals surface area contributed by atoms with Crippen LogP contribution in [0.3, 0.4) is 0 Å². The quantitative estimate of drug-likeness (QED) is 0.558. The molecule has 8 nitrogen and oxygen atoms in total. The van der Waals surface area contributed by atoms with Crippen molar-refractivity contribution in [2.45, 2.75) is 6.92 Å². The highest BCUT2D eigenvalue weighted by atomic mass is 35.5. The maximum atomic E-state index is 12.1. The van der Waals surface area contributed by atoms with Crippen LogP contribution < -0.4 is 20.3 Å². The first-order valence-corrected chi connectivity index (χ1v) is 10.7. The number of hydrogen-bond acceptors (Lipinski definition) is 7. The van der Waals surface area contributed by atoms with Crippen molar-refractivity contribution in [3.8, 4) is 5.75 Å². The predicted molar refractivity (Wildman–Crippen MR) is 125 cm³/mol. The van der Waals surface area contributed by atoms with Crippen molar-refractivity contribution in [1.29, 1.82) is 0 Å². The van der Waals surface area contributed by atoms with Crippen molar-refractivity contribution in [2.24, 2.45) is 0 Å². The number of hydrogen-bond donors (Lipinski definition) is 2. The second kappa shape index (κ2) is 10.3. The Labute approximate surface area is 191 Å². The number of carbonyl (C=O) groups excluding carboxylic acids is 1. The highest BCUT2D eigenvalue weighted by Crippen LogP contribution is 2.21. The van der Waals surface area contributed by atoms with Gasteiger partial charge in [-0.3, -0.25) is 4.79 Å². The van der Waals surface area contributed by atoms with Gasteiger partial charge in [-0.05, 0) is 55.5 Å². The first-order valence-electron chi connectivity index (χ1n) is 10.3. The van der Waals surface area contributed by atoms with Gasteiger partial charge in [0.05, 0.1) is 13.2 Å². The van der Waals surface area contributed by atoms with E-state index < -0.39 is 0 Å². The lowest BCUT2D eigenvalue weighted by atomic mass is 10.2. The molecule has 1 fully saturated rings.